The molecule has 0 N–H and O–H groups in total. The number of allylic oxidation sites excluding steroid dienone is 23. The standard InChI is InChI=1S/C73H118O6/c1-4-7-10-13-16-19-22-25-27-28-29-30-31-32-33-34-35-36-37-38-39-40-41-42-43-44-46-48-51-54-57-60-63-66-72(75)78-69-70(68-77-71(74)65-62-59-56-53-50-47-24-21-18-15-12-9-6-3)79-73(76)67-64-61-58-55-52-49-45-26-23-20-17-14-11-8-5-2/h8-9,11-12,17-18,20-22,25-26,28-29,31-32,45,47,50,52,55-56,59,61,64,70H,4-7,10,13-16,19,23-24,27,30,33-44,46,48-49,51,53-54,57-58,60,62-63,65-69H2,1-3H3/b11-8-,12-9-,20-17-,21-18-,25-22-,29-28-,32-31-,45-26-,50-47-,55-52-,59-56-,64-61-. The average molecular weight is 1090 g/mol. The van der Waals surface area contributed by atoms with Crippen LogP contribution in [0.5, 0.6) is 0 Å². The summed E-state index contributed by atoms with van der Waals surface area (Å²) in [5, 5.41) is 0. The van der Waals surface area contributed by atoms with Crippen LogP contribution in [0.4, 0.5) is 0 Å². The van der Waals surface area contributed by atoms with E-state index in [1.54, 1.807) is 6.08 Å². The summed E-state index contributed by atoms with van der Waals surface area (Å²) in [6, 6.07) is 0. The molecule has 79 heavy (non-hydrogen) atoms. The monoisotopic (exact) mass is 1090 g/mol. The Bertz CT molecular complexity index is 1730. The molecule has 0 rings (SSSR count). The lowest BCUT2D eigenvalue weighted by Gasteiger charge is -2.18. The maximum absolute atomic E-state index is 12.8. The van der Waals surface area contributed by atoms with Crippen molar-refractivity contribution in [2.24, 2.45) is 0 Å². The van der Waals surface area contributed by atoms with Gasteiger partial charge in [-0.25, -0.2) is 0 Å². The fourth-order valence-electron chi connectivity index (χ4n) is 8.60. The highest BCUT2D eigenvalue weighted by Crippen LogP contribution is 2.16. The van der Waals surface area contributed by atoms with E-state index in [4.69, 9.17) is 14.2 Å². The number of hydrogen-bond acceptors (Lipinski definition) is 6. The highest BCUT2D eigenvalue weighted by Gasteiger charge is 2.19. The topological polar surface area (TPSA) is 78.9 Å². The SMILES string of the molecule is CC/C=C\C/C=C\C/C=C\C/C=C\C/C=C\CC(=O)OC(COC(=O)CC/C=C\C/C=C\C/C=C\C/C=C\CC)COC(=O)CCCCCCCCCCCCCCCCCCCC/C=C\C/C=C\C/C=C\CCCCCCC. The van der Waals surface area contributed by atoms with E-state index < -0.39 is 12.1 Å². The first kappa shape index (κ1) is 74.3. The molecule has 0 aromatic heterocycles. The number of unbranched alkanes of at least 4 members (excludes halogenated alkanes) is 23. The van der Waals surface area contributed by atoms with E-state index >= 15 is 0 Å². The summed E-state index contributed by atoms with van der Waals surface area (Å²) in [5.74, 6) is -1.16. The summed E-state index contributed by atoms with van der Waals surface area (Å²) >= 11 is 0. The highest BCUT2D eigenvalue weighted by molar-refractivity contribution is 5.72. The van der Waals surface area contributed by atoms with Gasteiger partial charge < -0.3 is 14.2 Å². The van der Waals surface area contributed by atoms with Crippen molar-refractivity contribution in [3.8, 4) is 0 Å². The molecule has 0 bridgehead atoms. The highest BCUT2D eigenvalue weighted by atomic mass is 16.6. The van der Waals surface area contributed by atoms with Crippen LogP contribution >= 0.6 is 0 Å². The van der Waals surface area contributed by atoms with Crippen LogP contribution in [-0.2, 0) is 28.6 Å². The Kier molecular flexibility index (Phi) is 61.9. The molecule has 0 heterocycles. The summed E-state index contributed by atoms with van der Waals surface area (Å²) in [6.07, 6.45) is 95.0. The Balaban J connectivity index is 4.26. The smallest absolute Gasteiger partial charge is 0.310 e. The minimum atomic E-state index is -0.866. The number of carbonyl (C=O) groups excluding carboxylic acids is 3. The normalized spacial score (nSPS) is 13.1. The van der Waals surface area contributed by atoms with Crippen LogP contribution in [0.1, 0.15) is 278 Å². The van der Waals surface area contributed by atoms with Gasteiger partial charge in [0.15, 0.2) is 6.10 Å². The van der Waals surface area contributed by atoms with E-state index in [-0.39, 0.29) is 38.0 Å². The van der Waals surface area contributed by atoms with Gasteiger partial charge in [0, 0.05) is 12.8 Å². The average Bonchev–Trinajstić information content (AvgIpc) is 3.45. The molecule has 0 aromatic rings. The molecular weight excluding hydrogens is 973 g/mol. The van der Waals surface area contributed by atoms with Crippen LogP contribution < -0.4 is 0 Å². The first-order chi connectivity index (χ1) is 39.0. The van der Waals surface area contributed by atoms with Crippen LogP contribution in [-0.4, -0.2) is 37.2 Å². The zero-order valence-electron chi connectivity index (χ0n) is 51.1. The van der Waals surface area contributed by atoms with Gasteiger partial charge in [-0.05, 0) is 109 Å². The zero-order chi connectivity index (χ0) is 57.1. The molecule has 446 valence electrons. The van der Waals surface area contributed by atoms with E-state index in [0.29, 0.717) is 19.3 Å². The van der Waals surface area contributed by atoms with Gasteiger partial charge in [0.1, 0.15) is 13.2 Å². The van der Waals surface area contributed by atoms with Crippen LogP contribution in [0.3, 0.4) is 0 Å². The number of rotatable bonds is 57. The predicted molar refractivity (Wildman–Crippen MR) is 343 cm³/mol. The molecule has 0 saturated carbocycles. The van der Waals surface area contributed by atoms with Crippen LogP contribution in [0.25, 0.3) is 0 Å². The second-order valence-corrected chi connectivity index (χ2v) is 20.9. The Morgan fingerprint density at radius 1 is 0.278 bits per heavy atom. The van der Waals surface area contributed by atoms with Crippen molar-refractivity contribution in [2.75, 3.05) is 13.2 Å². The third kappa shape index (κ3) is 64.0. The van der Waals surface area contributed by atoms with Crippen molar-refractivity contribution in [1.82, 2.24) is 0 Å². The molecule has 0 spiro atoms. The number of hydrogen-bond donors (Lipinski definition) is 0. The third-order valence-electron chi connectivity index (χ3n) is 13.4. The Morgan fingerprint density at radius 2 is 0.557 bits per heavy atom. The summed E-state index contributed by atoms with van der Waals surface area (Å²) in [7, 11) is 0. The summed E-state index contributed by atoms with van der Waals surface area (Å²) < 4.78 is 16.7. The molecule has 1 atom stereocenters. The van der Waals surface area contributed by atoms with Gasteiger partial charge >= 0.3 is 17.9 Å². The van der Waals surface area contributed by atoms with Crippen molar-refractivity contribution in [3.63, 3.8) is 0 Å². The van der Waals surface area contributed by atoms with Crippen molar-refractivity contribution in [1.29, 1.82) is 0 Å². The molecule has 0 amide bonds. The minimum absolute atomic E-state index is 0.0777. The van der Waals surface area contributed by atoms with Gasteiger partial charge in [-0.2, -0.15) is 0 Å². The molecule has 0 aliphatic carbocycles. The van der Waals surface area contributed by atoms with Crippen molar-refractivity contribution in [2.45, 2.75) is 284 Å². The quantitative estimate of drug-likeness (QED) is 0.0261. The van der Waals surface area contributed by atoms with Crippen LogP contribution in [0, 0.1) is 0 Å². The lowest BCUT2D eigenvalue weighted by Crippen LogP contribution is -2.30. The lowest BCUT2D eigenvalue weighted by atomic mass is 10.0. The number of carbonyl (C=O) groups is 3. The van der Waals surface area contributed by atoms with Gasteiger partial charge in [-0.1, -0.05) is 295 Å². The molecule has 6 heteroatoms. The zero-order valence-corrected chi connectivity index (χ0v) is 51.1. The molecule has 0 aliphatic heterocycles. The fraction of sp³-hybridized carbons (Fsp3) is 0.630. The number of esters is 3. The summed E-state index contributed by atoms with van der Waals surface area (Å²) in [5.41, 5.74) is 0. The maximum Gasteiger partial charge on any atom is 0.310 e. The van der Waals surface area contributed by atoms with E-state index in [1.807, 2.05) is 18.2 Å². The third-order valence-corrected chi connectivity index (χ3v) is 13.4. The molecule has 0 saturated heterocycles. The van der Waals surface area contributed by atoms with Crippen molar-refractivity contribution >= 4 is 17.9 Å². The van der Waals surface area contributed by atoms with E-state index in [9.17, 15) is 14.4 Å². The minimum Gasteiger partial charge on any atom is -0.462 e. The van der Waals surface area contributed by atoms with Gasteiger partial charge in [0.05, 0.1) is 6.42 Å². The second-order valence-electron chi connectivity index (χ2n) is 20.9. The van der Waals surface area contributed by atoms with Gasteiger partial charge in [0.2, 0.25) is 0 Å². The maximum atomic E-state index is 12.8. The van der Waals surface area contributed by atoms with Crippen molar-refractivity contribution in [3.05, 3.63) is 146 Å². The molecule has 0 aromatic carbocycles. The molecule has 0 radical (unpaired) electrons. The van der Waals surface area contributed by atoms with E-state index in [0.717, 1.165) is 83.5 Å². The second kappa shape index (κ2) is 65.8. The predicted octanol–water partition coefficient (Wildman–Crippen LogP) is 22.3. The largest absolute Gasteiger partial charge is 0.462 e. The van der Waals surface area contributed by atoms with Gasteiger partial charge in [-0.15, -0.1) is 0 Å². The Morgan fingerprint density at radius 3 is 0.911 bits per heavy atom. The molecular formula is C73H118O6. The van der Waals surface area contributed by atoms with Gasteiger partial charge in [-0.3, -0.25) is 14.4 Å². The molecule has 6 nitrogen and oxygen atoms in total. The first-order valence-electron chi connectivity index (χ1n) is 32.3. The summed E-state index contributed by atoms with van der Waals surface area (Å²) in [6.45, 7) is 6.25. The van der Waals surface area contributed by atoms with E-state index in [1.165, 1.54) is 141 Å². The Labute approximate surface area is 487 Å². The molecule has 1 unspecified atom stereocenters. The molecule has 0 aliphatic rings. The van der Waals surface area contributed by atoms with Crippen molar-refractivity contribution < 1.29 is 28.6 Å². The number of ether oxygens (including phenoxy) is 3. The Hall–Kier alpha value is -4.71. The van der Waals surface area contributed by atoms with E-state index in [2.05, 4.69) is 142 Å². The van der Waals surface area contributed by atoms with Gasteiger partial charge in [0.25, 0.3) is 0 Å². The lowest BCUT2D eigenvalue weighted by molar-refractivity contribution is -0.166. The van der Waals surface area contributed by atoms with Crippen LogP contribution in [0.2, 0.25) is 0 Å². The first-order valence-corrected chi connectivity index (χ1v) is 32.3. The molecule has 0 fully saturated rings. The summed E-state index contributed by atoms with van der Waals surface area (Å²) in [4.78, 5) is 38.1. The fourth-order valence-corrected chi connectivity index (χ4v) is 8.60. The van der Waals surface area contributed by atoms with Crippen LogP contribution in [0.15, 0.2) is 146 Å².